The number of thiophene rings is 1. The summed E-state index contributed by atoms with van der Waals surface area (Å²) in [4.78, 5) is 0. The molecular weight excluding hydrogens is 869 g/mol. The predicted octanol–water partition coefficient (Wildman–Crippen LogP) is 18.8. The lowest BCUT2D eigenvalue weighted by molar-refractivity contribution is 0.670. The Morgan fingerprint density at radius 2 is 0.729 bits per heavy atom. The van der Waals surface area contributed by atoms with Crippen LogP contribution in [-0.4, -0.2) is 9.13 Å². The van der Waals surface area contributed by atoms with Gasteiger partial charge in [0.05, 0.1) is 22.1 Å². The van der Waals surface area contributed by atoms with E-state index in [9.17, 15) is 0 Å². The van der Waals surface area contributed by atoms with Crippen LogP contribution in [0, 0.1) is 0 Å². The molecule has 0 aliphatic rings. The van der Waals surface area contributed by atoms with Crippen molar-refractivity contribution in [1.82, 2.24) is 9.13 Å². The van der Waals surface area contributed by atoms with Gasteiger partial charge < -0.3 is 13.6 Å². The van der Waals surface area contributed by atoms with Crippen LogP contribution in [0.5, 0.6) is 0 Å². The minimum Gasteiger partial charge on any atom is -0.455 e. The third kappa shape index (κ3) is 6.00. The summed E-state index contributed by atoms with van der Waals surface area (Å²) in [7, 11) is 0. The molecule has 15 aromatic rings. The van der Waals surface area contributed by atoms with Crippen LogP contribution < -0.4 is 0 Å². The number of fused-ring (bicyclic) bond motifs is 12. The number of hydrogen-bond donors (Lipinski definition) is 0. The summed E-state index contributed by atoms with van der Waals surface area (Å²) in [6.45, 7) is 0. The zero-order valence-electron chi connectivity index (χ0n) is 37.8. The SMILES string of the molecule is c1ccc(-n2c3ccccc3c3cc(-c4ccc5c(c4)c4cc(-c6ccc(-c7cccc8c7oc7ccccc78)cc6)ccc4n5-c4ccc(-c5ccc6sc7ccccc7c6c5)cc4)ccc32)cc1. The van der Waals surface area contributed by atoms with Gasteiger partial charge in [0.15, 0.2) is 0 Å². The molecule has 0 saturated heterocycles. The maximum Gasteiger partial charge on any atom is 0.143 e. The summed E-state index contributed by atoms with van der Waals surface area (Å²) in [5.41, 5.74) is 18.3. The van der Waals surface area contributed by atoms with E-state index < -0.39 is 0 Å². The molecule has 0 aliphatic carbocycles. The predicted molar refractivity (Wildman–Crippen MR) is 297 cm³/mol. The second-order valence-electron chi connectivity index (χ2n) is 18.4. The molecule has 0 atom stereocenters. The Kier molecular flexibility index (Phi) is 8.53. The van der Waals surface area contributed by atoms with Gasteiger partial charge in [-0.15, -0.1) is 11.3 Å². The Morgan fingerprint density at radius 1 is 0.271 bits per heavy atom. The van der Waals surface area contributed by atoms with Crippen LogP contribution in [0.1, 0.15) is 0 Å². The van der Waals surface area contributed by atoms with Gasteiger partial charge in [-0.1, -0.05) is 152 Å². The Hall–Kier alpha value is -8.96. The average Bonchev–Trinajstić information content (AvgIpc) is 4.18. The monoisotopic (exact) mass is 908 g/mol. The van der Waals surface area contributed by atoms with Crippen molar-refractivity contribution in [2.75, 3.05) is 0 Å². The first-order valence-electron chi connectivity index (χ1n) is 23.9. The Bertz CT molecular complexity index is 4570. The highest BCUT2D eigenvalue weighted by Crippen LogP contribution is 2.42. The van der Waals surface area contributed by atoms with Crippen LogP contribution in [0.4, 0.5) is 0 Å². The van der Waals surface area contributed by atoms with Crippen molar-refractivity contribution in [1.29, 1.82) is 0 Å². The van der Waals surface area contributed by atoms with E-state index in [1.54, 1.807) is 0 Å². The minimum atomic E-state index is 0.911. The zero-order chi connectivity index (χ0) is 45.9. The fourth-order valence-electron chi connectivity index (χ4n) is 11.2. The third-order valence-electron chi connectivity index (χ3n) is 14.6. The van der Waals surface area contributed by atoms with Crippen molar-refractivity contribution in [3.63, 3.8) is 0 Å². The molecular formula is C66H40N2OS. The lowest BCUT2D eigenvalue weighted by Crippen LogP contribution is -1.94. The highest BCUT2D eigenvalue weighted by atomic mass is 32.1. The highest BCUT2D eigenvalue weighted by molar-refractivity contribution is 7.25. The number of furan rings is 1. The van der Waals surface area contributed by atoms with Crippen LogP contribution in [0.2, 0.25) is 0 Å². The first-order valence-corrected chi connectivity index (χ1v) is 24.7. The van der Waals surface area contributed by atoms with E-state index in [-0.39, 0.29) is 0 Å². The normalized spacial score (nSPS) is 12.0. The summed E-state index contributed by atoms with van der Waals surface area (Å²) in [5, 5.41) is 9.84. The smallest absolute Gasteiger partial charge is 0.143 e. The second-order valence-corrected chi connectivity index (χ2v) is 19.5. The minimum absolute atomic E-state index is 0.911. The average molecular weight is 909 g/mol. The molecule has 15 rings (SSSR count). The van der Waals surface area contributed by atoms with Gasteiger partial charge >= 0.3 is 0 Å². The zero-order valence-corrected chi connectivity index (χ0v) is 38.6. The topological polar surface area (TPSA) is 23.0 Å². The van der Waals surface area contributed by atoms with Crippen LogP contribution in [-0.2, 0) is 0 Å². The third-order valence-corrected chi connectivity index (χ3v) is 15.7. The van der Waals surface area contributed by atoms with Crippen molar-refractivity contribution in [3.05, 3.63) is 243 Å². The largest absolute Gasteiger partial charge is 0.455 e. The number of aromatic nitrogens is 2. The molecule has 3 nitrogen and oxygen atoms in total. The van der Waals surface area contributed by atoms with Gasteiger partial charge in [-0.25, -0.2) is 0 Å². The molecule has 0 radical (unpaired) electrons. The van der Waals surface area contributed by atoms with Gasteiger partial charge in [0.2, 0.25) is 0 Å². The number of rotatable bonds is 6. The summed E-state index contributed by atoms with van der Waals surface area (Å²) in [6.07, 6.45) is 0. The van der Waals surface area contributed by atoms with Crippen molar-refractivity contribution < 1.29 is 4.42 Å². The van der Waals surface area contributed by atoms with E-state index in [0.717, 1.165) is 44.4 Å². The molecule has 326 valence electrons. The molecule has 0 saturated carbocycles. The van der Waals surface area contributed by atoms with Crippen LogP contribution in [0.15, 0.2) is 247 Å². The van der Waals surface area contributed by atoms with Crippen molar-refractivity contribution in [2.24, 2.45) is 0 Å². The molecule has 70 heavy (non-hydrogen) atoms. The molecule has 0 amide bonds. The number of para-hydroxylation sites is 4. The van der Waals surface area contributed by atoms with E-state index in [2.05, 4.69) is 240 Å². The lowest BCUT2D eigenvalue weighted by Gasteiger charge is -2.11. The molecule has 4 aromatic heterocycles. The quantitative estimate of drug-likeness (QED) is 0.163. The van der Waals surface area contributed by atoms with Crippen LogP contribution >= 0.6 is 11.3 Å². The van der Waals surface area contributed by atoms with Crippen LogP contribution in [0.25, 0.3) is 142 Å². The van der Waals surface area contributed by atoms with Gasteiger partial charge in [0, 0.05) is 69.4 Å². The molecule has 0 bridgehead atoms. The number of benzene rings is 11. The highest BCUT2D eigenvalue weighted by Gasteiger charge is 2.18. The van der Waals surface area contributed by atoms with Gasteiger partial charge in [-0.05, 0) is 130 Å². The Labute approximate surface area is 407 Å². The van der Waals surface area contributed by atoms with Gasteiger partial charge in [0.25, 0.3) is 0 Å². The maximum absolute atomic E-state index is 6.43. The molecule has 0 fully saturated rings. The molecule has 0 N–H and O–H groups in total. The van der Waals surface area contributed by atoms with E-state index in [4.69, 9.17) is 4.42 Å². The molecule has 11 aromatic carbocycles. The maximum atomic E-state index is 6.43. The van der Waals surface area contributed by atoms with Crippen molar-refractivity contribution >= 4 is 97.1 Å². The van der Waals surface area contributed by atoms with E-state index in [1.165, 1.54) is 97.2 Å². The first kappa shape index (κ1) is 39.1. The summed E-state index contributed by atoms with van der Waals surface area (Å²) >= 11 is 1.86. The molecule has 0 aliphatic heterocycles. The van der Waals surface area contributed by atoms with Gasteiger partial charge in [-0.3, -0.25) is 0 Å². The second kappa shape index (κ2) is 15.3. The lowest BCUT2D eigenvalue weighted by atomic mass is 9.97. The Morgan fingerprint density at radius 3 is 1.43 bits per heavy atom. The molecule has 0 unspecified atom stereocenters. The van der Waals surface area contributed by atoms with E-state index in [1.807, 2.05) is 23.5 Å². The number of nitrogens with zero attached hydrogens (tertiary/aromatic N) is 2. The summed E-state index contributed by atoms with van der Waals surface area (Å²) in [5.74, 6) is 0. The summed E-state index contributed by atoms with van der Waals surface area (Å²) in [6, 6.07) is 88.8. The molecule has 0 spiro atoms. The van der Waals surface area contributed by atoms with Crippen molar-refractivity contribution in [2.45, 2.75) is 0 Å². The fraction of sp³-hybridized carbons (Fsp3) is 0. The van der Waals surface area contributed by atoms with Gasteiger partial charge in [-0.2, -0.15) is 0 Å². The van der Waals surface area contributed by atoms with Crippen LogP contribution in [0.3, 0.4) is 0 Å². The van der Waals surface area contributed by atoms with Crippen molar-refractivity contribution in [3.8, 4) is 55.9 Å². The Balaban J connectivity index is 0.867. The summed E-state index contributed by atoms with van der Waals surface area (Å²) < 4.78 is 13.9. The van der Waals surface area contributed by atoms with E-state index in [0.29, 0.717) is 0 Å². The first-order chi connectivity index (χ1) is 34.7. The van der Waals surface area contributed by atoms with Gasteiger partial charge in [0.1, 0.15) is 11.2 Å². The molecule has 4 heterocycles. The number of hydrogen-bond acceptors (Lipinski definition) is 2. The standard InChI is InChI=1S/C66H40N2OS/c1-2-11-48(12-3-1)67-59-18-7-4-13-51(59)55-38-46(28-34-60(55)67)47-29-35-62-57(39-47)56-37-44(41-21-23-43(24-22-41)50-16-10-17-54-52-14-5-8-19-63(52)69-66(50)54)27-33-61(56)68(62)49-31-25-42(26-32-49)45-30-36-65-58(40-45)53-15-6-9-20-64(53)70-65/h1-40H. The van der Waals surface area contributed by atoms with E-state index >= 15 is 0 Å². The molecule has 4 heteroatoms. The fourth-order valence-corrected chi connectivity index (χ4v) is 12.3.